The number of amides is 2. The minimum absolute atomic E-state index is 0.110. The molecule has 0 spiro atoms. The first-order chi connectivity index (χ1) is 13.1. The normalized spacial score (nSPS) is 19.8. The predicted octanol–water partition coefficient (Wildman–Crippen LogP) is 2.70. The molecule has 2 aliphatic heterocycles. The van der Waals surface area contributed by atoms with Gasteiger partial charge in [-0.05, 0) is 44.7 Å². The summed E-state index contributed by atoms with van der Waals surface area (Å²) < 4.78 is 2.18. The third-order valence-electron chi connectivity index (χ3n) is 5.94. The van der Waals surface area contributed by atoms with E-state index in [2.05, 4.69) is 44.1 Å². The molecule has 2 amide bonds. The molecule has 1 fully saturated rings. The molecule has 1 atom stereocenters. The van der Waals surface area contributed by atoms with Gasteiger partial charge >= 0.3 is 6.03 Å². The summed E-state index contributed by atoms with van der Waals surface area (Å²) in [5.74, 6) is 2.45. The van der Waals surface area contributed by atoms with E-state index in [-0.39, 0.29) is 6.03 Å². The summed E-state index contributed by atoms with van der Waals surface area (Å²) in [6.45, 7) is 8.90. The molecule has 1 aromatic rings. The Balaban J connectivity index is 1.47. The van der Waals surface area contributed by atoms with E-state index in [0.717, 1.165) is 44.1 Å². The zero-order chi connectivity index (χ0) is 19.1. The Morgan fingerprint density at radius 1 is 0.963 bits per heavy atom. The van der Waals surface area contributed by atoms with Gasteiger partial charge in [0.15, 0.2) is 5.82 Å². The van der Waals surface area contributed by atoms with E-state index in [1.54, 1.807) is 0 Å². The van der Waals surface area contributed by atoms with E-state index in [9.17, 15) is 4.79 Å². The van der Waals surface area contributed by atoms with Gasteiger partial charge in [0.2, 0.25) is 0 Å². The van der Waals surface area contributed by atoms with Crippen molar-refractivity contribution in [3.63, 3.8) is 0 Å². The standard InChI is InChI=1S/C20H36N6O/c1-16(2)17(25-11-7-3-4-8-12-25)14-21-20(27)22-15-19-24-23-18-10-6-5-9-13-26(18)19/h16-17H,3-15H2,1-2H3,(H2,21,22,27). The van der Waals surface area contributed by atoms with Crippen LogP contribution in [0.2, 0.25) is 0 Å². The molecule has 1 unspecified atom stereocenters. The SMILES string of the molecule is CC(C)C(CNC(=O)NCc1nnc2n1CCCCC2)N1CCCCCC1. The summed E-state index contributed by atoms with van der Waals surface area (Å²) in [6.07, 6.45) is 9.78. The van der Waals surface area contributed by atoms with Crippen molar-refractivity contribution in [2.45, 2.75) is 84.3 Å². The van der Waals surface area contributed by atoms with Gasteiger partial charge in [0.25, 0.3) is 0 Å². The zero-order valence-electron chi connectivity index (χ0n) is 17.0. The second kappa shape index (κ2) is 10.1. The molecule has 0 bridgehead atoms. The maximum absolute atomic E-state index is 12.4. The molecule has 0 aromatic carbocycles. The number of urea groups is 1. The molecular weight excluding hydrogens is 340 g/mol. The molecule has 3 rings (SSSR count). The zero-order valence-corrected chi connectivity index (χ0v) is 17.0. The predicted molar refractivity (Wildman–Crippen MR) is 106 cm³/mol. The first kappa shape index (κ1) is 20.1. The average Bonchev–Trinajstić information content (AvgIpc) is 2.86. The van der Waals surface area contributed by atoms with Gasteiger partial charge in [-0.25, -0.2) is 4.79 Å². The minimum Gasteiger partial charge on any atom is -0.337 e. The molecule has 7 nitrogen and oxygen atoms in total. The van der Waals surface area contributed by atoms with Crippen LogP contribution < -0.4 is 10.6 Å². The number of carbonyl (C=O) groups is 1. The van der Waals surface area contributed by atoms with Gasteiger partial charge in [0.05, 0.1) is 6.54 Å². The summed E-state index contributed by atoms with van der Waals surface area (Å²) in [4.78, 5) is 14.9. The molecular formula is C20H36N6O. The Morgan fingerprint density at radius 2 is 1.67 bits per heavy atom. The van der Waals surface area contributed by atoms with Crippen LogP contribution >= 0.6 is 0 Å². The van der Waals surface area contributed by atoms with Crippen molar-refractivity contribution < 1.29 is 4.79 Å². The van der Waals surface area contributed by atoms with Crippen LogP contribution in [-0.2, 0) is 19.5 Å². The lowest BCUT2D eigenvalue weighted by Gasteiger charge is -2.33. The van der Waals surface area contributed by atoms with Crippen LogP contribution in [0.4, 0.5) is 4.79 Å². The van der Waals surface area contributed by atoms with E-state index in [4.69, 9.17) is 0 Å². The average molecular weight is 377 g/mol. The number of nitrogens with one attached hydrogen (secondary N) is 2. The molecule has 7 heteroatoms. The Kier molecular flexibility index (Phi) is 7.50. The van der Waals surface area contributed by atoms with Crippen LogP contribution in [0.5, 0.6) is 0 Å². The molecule has 0 aliphatic carbocycles. The topological polar surface area (TPSA) is 75.1 Å². The van der Waals surface area contributed by atoms with Crippen LogP contribution in [0, 0.1) is 5.92 Å². The lowest BCUT2D eigenvalue weighted by atomic mass is 10.0. The maximum Gasteiger partial charge on any atom is 0.315 e. The maximum atomic E-state index is 12.4. The summed E-state index contributed by atoms with van der Waals surface area (Å²) in [5, 5.41) is 14.6. The highest BCUT2D eigenvalue weighted by atomic mass is 16.2. The van der Waals surface area contributed by atoms with E-state index in [0.29, 0.717) is 25.0 Å². The largest absolute Gasteiger partial charge is 0.337 e. The Labute approximate surface area is 163 Å². The highest BCUT2D eigenvalue weighted by Crippen LogP contribution is 2.17. The lowest BCUT2D eigenvalue weighted by molar-refractivity contribution is 0.157. The summed E-state index contributed by atoms with van der Waals surface area (Å²) >= 11 is 0. The van der Waals surface area contributed by atoms with Gasteiger partial charge in [-0.1, -0.05) is 33.1 Å². The van der Waals surface area contributed by atoms with E-state index in [1.807, 2.05) is 0 Å². The van der Waals surface area contributed by atoms with Crippen LogP contribution in [0.3, 0.4) is 0 Å². The number of hydrogen-bond acceptors (Lipinski definition) is 4. The molecule has 0 saturated carbocycles. The van der Waals surface area contributed by atoms with Gasteiger partial charge < -0.3 is 15.2 Å². The Morgan fingerprint density at radius 3 is 2.41 bits per heavy atom. The Hall–Kier alpha value is -1.63. The van der Waals surface area contributed by atoms with Crippen molar-refractivity contribution in [3.05, 3.63) is 11.6 Å². The highest BCUT2D eigenvalue weighted by molar-refractivity contribution is 5.73. The number of rotatable bonds is 6. The lowest BCUT2D eigenvalue weighted by Crippen LogP contribution is -2.49. The van der Waals surface area contributed by atoms with Crippen LogP contribution in [0.25, 0.3) is 0 Å². The van der Waals surface area contributed by atoms with Crippen molar-refractivity contribution in [1.29, 1.82) is 0 Å². The first-order valence-electron chi connectivity index (χ1n) is 10.8. The van der Waals surface area contributed by atoms with Crippen molar-refractivity contribution in [2.75, 3.05) is 19.6 Å². The van der Waals surface area contributed by atoms with E-state index < -0.39 is 0 Å². The quantitative estimate of drug-likeness (QED) is 0.800. The number of nitrogens with zero attached hydrogens (tertiary/aromatic N) is 4. The van der Waals surface area contributed by atoms with Gasteiger partial charge in [0, 0.05) is 25.6 Å². The third kappa shape index (κ3) is 5.67. The van der Waals surface area contributed by atoms with Gasteiger partial charge in [-0.15, -0.1) is 10.2 Å². The molecule has 152 valence electrons. The van der Waals surface area contributed by atoms with Gasteiger partial charge in [-0.2, -0.15) is 0 Å². The first-order valence-corrected chi connectivity index (χ1v) is 10.8. The minimum atomic E-state index is -0.110. The van der Waals surface area contributed by atoms with Crippen LogP contribution in [-0.4, -0.2) is 51.4 Å². The van der Waals surface area contributed by atoms with E-state index >= 15 is 0 Å². The van der Waals surface area contributed by atoms with Crippen molar-refractivity contribution in [3.8, 4) is 0 Å². The fraction of sp³-hybridized carbons (Fsp3) is 0.850. The monoisotopic (exact) mass is 376 g/mol. The fourth-order valence-electron chi connectivity index (χ4n) is 4.31. The fourth-order valence-corrected chi connectivity index (χ4v) is 4.31. The Bertz CT molecular complexity index is 591. The third-order valence-corrected chi connectivity index (χ3v) is 5.94. The number of aryl methyl sites for hydroxylation is 1. The molecule has 2 N–H and O–H groups in total. The van der Waals surface area contributed by atoms with Gasteiger partial charge in [0.1, 0.15) is 5.82 Å². The molecule has 1 aromatic heterocycles. The molecule has 0 radical (unpaired) electrons. The number of hydrogen-bond donors (Lipinski definition) is 2. The van der Waals surface area contributed by atoms with Gasteiger partial charge in [-0.3, -0.25) is 4.90 Å². The molecule has 1 saturated heterocycles. The molecule has 27 heavy (non-hydrogen) atoms. The molecule has 3 heterocycles. The summed E-state index contributed by atoms with van der Waals surface area (Å²) in [5.41, 5.74) is 0. The smallest absolute Gasteiger partial charge is 0.315 e. The number of likely N-dealkylation sites (tertiary alicyclic amines) is 1. The number of carbonyl (C=O) groups excluding carboxylic acids is 1. The molecule has 2 aliphatic rings. The summed E-state index contributed by atoms with van der Waals surface area (Å²) in [7, 11) is 0. The van der Waals surface area contributed by atoms with Crippen LogP contribution in [0.1, 0.15) is 70.4 Å². The van der Waals surface area contributed by atoms with Crippen molar-refractivity contribution in [2.24, 2.45) is 5.92 Å². The van der Waals surface area contributed by atoms with Crippen molar-refractivity contribution >= 4 is 6.03 Å². The van der Waals surface area contributed by atoms with Crippen LogP contribution in [0.15, 0.2) is 0 Å². The number of aromatic nitrogens is 3. The second-order valence-electron chi connectivity index (χ2n) is 8.32. The summed E-state index contributed by atoms with van der Waals surface area (Å²) in [6, 6.07) is 0.291. The highest BCUT2D eigenvalue weighted by Gasteiger charge is 2.23. The number of fused-ring (bicyclic) bond motifs is 1. The van der Waals surface area contributed by atoms with Crippen molar-refractivity contribution in [1.82, 2.24) is 30.3 Å². The van der Waals surface area contributed by atoms with E-state index in [1.165, 1.54) is 38.5 Å². The second-order valence-corrected chi connectivity index (χ2v) is 8.32.